The van der Waals surface area contributed by atoms with Crippen molar-refractivity contribution in [1.82, 2.24) is 5.32 Å². The number of aliphatic hydroxyl groups is 2. The van der Waals surface area contributed by atoms with E-state index in [0.29, 0.717) is 19.4 Å². The summed E-state index contributed by atoms with van der Waals surface area (Å²) < 4.78 is 5.51. The Morgan fingerprint density at radius 3 is 0.899 bits per heavy atom. The number of amides is 1. The third kappa shape index (κ3) is 65.4. The van der Waals surface area contributed by atoms with Crippen molar-refractivity contribution >= 4 is 11.9 Å². The maximum Gasteiger partial charge on any atom is 0.305 e. The normalized spacial score (nSPS) is 12.6. The molecule has 468 valence electrons. The van der Waals surface area contributed by atoms with E-state index < -0.39 is 12.1 Å². The predicted molar refractivity (Wildman–Crippen MR) is 347 cm³/mol. The van der Waals surface area contributed by atoms with Crippen molar-refractivity contribution in [3.05, 3.63) is 24.3 Å². The number of ether oxygens (including phenoxy) is 1. The summed E-state index contributed by atoms with van der Waals surface area (Å²) in [7, 11) is 0. The molecular formula is C73H141NO5. The molecule has 2 atom stereocenters. The van der Waals surface area contributed by atoms with Crippen molar-refractivity contribution in [3.63, 3.8) is 0 Å². The molecule has 0 fully saturated rings. The molecule has 0 heterocycles. The highest BCUT2D eigenvalue weighted by atomic mass is 16.5. The number of nitrogens with one attached hydrogen (secondary N) is 1. The van der Waals surface area contributed by atoms with E-state index in [0.717, 1.165) is 44.9 Å². The van der Waals surface area contributed by atoms with Crippen LogP contribution >= 0.6 is 0 Å². The SMILES string of the molecule is CCCCCCCCCCCCCCCCCCCCC/C=C/C(O)C(CO)NC(=O)CCCCCCCCC/C=C\CCCCCCCCCCCCCOC(=O)CCCCCCCCCCCCCCCCCCCCC. The number of hydrogen-bond acceptors (Lipinski definition) is 5. The van der Waals surface area contributed by atoms with Crippen molar-refractivity contribution in [2.75, 3.05) is 13.2 Å². The zero-order chi connectivity index (χ0) is 57.1. The molecule has 0 saturated heterocycles. The van der Waals surface area contributed by atoms with Gasteiger partial charge in [-0.3, -0.25) is 9.59 Å². The fourth-order valence-electron chi connectivity index (χ4n) is 11.5. The van der Waals surface area contributed by atoms with Gasteiger partial charge in [0.05, 0.1) is 25.4 Å². The lowest BCUT2D eigenvalue weighted by molar-refractivity contribution is -0.143. The van der Waals surface area contributed by atoms with Gasteiger partial charge in [-0.15, -0.1) is 0 Å². The minimum absolute atomic E-state index is 0.0151. The van der Waals surface area contributed by atoms with Gasteiger partial charge in [0.25, 0.3) is 0 Å². The first-order valence-corrected chi connectivity index (χ1v) is 36.1. The van der Waals surface area contributed by atoms with Crippen molar-refractivity contribution in [2.45, 2.75) is 418 Å². The minimum atomic E-state index is -0.850. The molecule has 0 aromatic heterocycles. The Bertz CT molecular complexity index is 1230. The minimum Gasteiger partial charge on any atom is -0.466 e. The average molecular weight is 1110 g/mol. The lowest BCUT2D eigenvalue weighted by Gasteiger charge is -2.20. The fraction of sp³-hybridized carbons (Fsp3) is 0.918. The summed E-state index contributed by atoms with van der Waals surface area (Å²) in [6.45, 7) is 4.95. The van der Waals surface area contributed by atoms with Crippen LogP contribution in [0.2, 0.25) is 0 Å². The molecular weight excluding hydrogens is 971 g/mol. The molecule has 6 heteroatoms. The summed E-state index contributed by atoms with van der Waals surface area (Å²) in [5.41, 5.74) is 0. The van der Waals surface area contributed by atoms with Crippen LogP contribution in [0.5, 0.6) is 0 Å². The van der Waals surface area contributed by atoms with Gasteiger partial charge in [-0.25, -0.2) is 0 Å². The van der Waals surface area contributed by atoms with E-state index in [9.17, 15) is 19.8 Å². The van der Waals surface area contributed by atoms with Crippen LogP contribution in [0.3, 0.4) is 0 Å². The first-order chi connectivity index (χ1) is 39.0. The van der Waals surface area contributed by atoms with Gasteiger partial charge in [0.1, 0.15) is 0 Å². The number of carbonyl (C=O) groups is 2. The molecule has 0 aliphatic heterocycles. The number of hydrogen-bond donors (Lipinski definition) is 3. The Balaban J connectivity index is 3.42. The van der Waals surface area contributed by atoms with Crippen LogP contribution in [0.25, 0.3) is 0 Å². The third-order valence-corrected chi connectivity index (χ3v) is 17.0. The van der Waals surface area contributed by atoms with Crippen LogP contribution in [-0.2, 0) is 14.3 Å². The standard InChI is InChI=1S/C73H141NO5/c1-3-5-7-9-11-13-15-17-19-21-23-26-30-33-37-41-45-49-53-57-61-65-71(76)70(69-75)74-72(77)66-62-58-54-50-46-42-38-34-31-27-24-25-28-32-36-40-44-48-52-56-60-64-68-79-73(78)67-63-59-55-51-47-43-39-35-29-22-20-18-16-14-12-10-8-6-4-2/h27,31,61,65,70-71,75-76H,3-26,28-30,32-60,62-64,66-69H2,1-2H3,(H,74,77)/b31-27-,65-61+. The molecule has 0 aromatic carbocycles. The molecule has 0 bridgehead atoms. The first kappa shape index (κ1) is 77.3. The van der Waals surface area contributed by atoms with Crippen molar-refractivity contribution in [1.29, 1.82) is 0 Å². The number of esters is 1. The van der Waals surface area contributed by atoms with Gasteiger partial charge >= 0.3 is 5.97 Å². The molecule has 0 radical (unpaired) electrons. The number of carbonyl (C=O) groups excluding carboxylic acids is 2. The van der Waals surface area contributed by atoms with Gasteiger partial charge in [0, 0.05) is 12.8 Å². The van der Waals surface area contributed by atoms with Crippen LogP contribution in [0.1, 0.15) is 406 Å². The number of allylic oxidation sites excluding steroid dienone is 3. The van der Waals surface area contributed by atoms with Crippen molar-refractivity contribution in [2.24, 2.45) is 0 Å². The predicted octanol–water partition coefficient (Wildman–Crippen LogP) is 23.3. The summed E-state index contributed by atoms with van der Waals surface area (Å²) in [5, 5.41) is 23.2. The maximum absolute atomic E-state index is 12.5. The quantitative estimate of drug-likeness (QED) is 0.0320. The lowest BCUT2D eigenvalue weighted by Crippen LogP contribution is -2.45. The number of rotatable bonds is 68. The van der Waals surface area contributed by atoms with Gasteiger partial charge in [0.2, 0.25) is 5.91 Å². The first-order valence-electron chi connectivity index (χ1n) is 36.1. The van der Waals surface area contributed by atoms with Crippen molar-refractivity contribution < 1.29 is 24.5 Å². The van der Waals surface area contributed by atoms with Gasteiger partial charge in [-0.1, -0.05) is 359 Å². The highest BCUT2D eigenvalue weighted by molar-refractivity contribution is 5.76. The second-order valence-electron chi connectivity index (χ2n) is 24.9. The van der Waals surface area contributed by atoms with E-state index in [2.05, 4.69) is 31.3 Å². The summed E-state index contributed by atoms with van der Waals surface area (Å²) in [5.74, 6) is -0.0558. The Hall–Kier alpha value is -1.66. The Morgan fingerprint density at radius 2 is 0.595 bits per heavy atom. The number of unbranched alkanes of at least 4 members (excludes halogenated alkanes) is 55. The van der Waals surface area contributed by atoms with Gasteiger partial charge in [-0.05, 0) is 57.8 Å². The Labute approximate surface area is 494 Å². The molecule has 0 spiro atoms. The second-order valence-corrected chi connectivity index (χ2v) is 24.9. The monoisotopic (exact) mass is 1110 g/mol. The third-order valence-electron chi connectivity index (χ3n) is 17.0. The van der Waals surface area contributed by atoms with E-state index >= 15 is 0 Å². The molecule has 2 unspecified atom stereocenters. The smallest absolute Gasteiger partial charge is 0.305 e. The maximum atomic E-state index is 12.5. The molecule has 0 aliphatic carbocycles. The van der Waals surface area contributed by atoms with E-state index in [1.165, 1.54) is 334 Å². The van der Waals surface area contributed by atoms with E-state index in [-0.39, 0.29) is 18.5 Å². The zero-order valence-corrected chi connectivity index (χ0v) is 53.6. The van der Waals surface area contributed by atoms with Crippen LogP contribution in [0, 0.1) is 0 Å². The topological polar surface area (TPSA) is 95.9 Å². The van der Waals surface area contributed by atoms with E-state index in [1.807, 2.05) is 6.08 Å². The molecule has 6 nitrogen and oxygen atoms in total. The Kier molecular flexibility index (Phi) is 67.4. The van der Waals surface area contributed by atoms with Gasteiger partial charge in [0.15, 0.2) is 0 Å². The van der Waals surface area contributed by atoms with Gasteiger partial charge < -0.3 is 20.3 Å². The Morgan fingerprint density at radius 1 is 0.342 bits per heavy atom. The molecule has 1 amide bonds. The van der Waals surface area contributed by atoms with Crippen LogP contribution in [0.4, 0.5) is 0 Å². The molecule has 0 saturated carbocycles. The molecule has 0 aromatic rings. The molecule has 79 heavy (non-hydrogen) atoms. The zero-order valence-electron chi connectivity index (χ0n) is 53.6. The molecule has 3 N–H and O–H groups in total. The van der Waals surface area contributed by atoms with E-state index in [4.69, 9.17) is 4.74 Å². The summed E-state index contributed by atoms with van der Waals surface area (Å²) in [6.07, 6.45) is 86.8. The highest BCUT2D eigenvalue weighted by Crippen LogP contribution is 2.19. The second kappa shape index (κ2) is 68.8. The van der Waals surface area contributed by atoms with Crippen LogP contribution in [-0.4, -0.2) is 47.4 Å². The number of aliphatic hydroxyl groups excluding tert-OH is 2. The molecule has 0 rings (SSSR count). The van der Waals surface area contributed by atoms with Crippen molar-refractivity contribution in [3.8, 4) is 0 Å². The lowest BCUT2D eigenvalue weighted by atomic mass is 10.0. The summed E-state index contributed by atoms with van der Waals surface area (Å²) >= 11 is 0. The largest absolute Gasteiger partial charge is 0.466 e. The fourth-order valence-corrected chi connectivity index (χ4v) is 11.5. The van der Waals surface area contributed by atoms with Crippen LogP contribution < -0.4 is 5.32 Å². The summed E-state index contributed by atoms with van der Waals surface area (Å²) in [4.78, 5) is 24.6. The van der Waals surface area contributed by atoms with Crippen LogP contribution in [0.15, 0.2) is 24.3 Å². The highest BCUT2D eigenvalue weighted by Gasteiger charge is 2.18. The average Bonchev–Trinajstić information content (AvgIpc) is 3.45. The molecule has 0 aliphatic rings. The summed E-state index contributed by atoms with van der Waals surface area (Å²) in [6, 6.07) is -0.634. The van der Waals surface area contributed by atoms with Gasteiger partial charge in [-0.2, -0.15) is 0 Å². The van der Waals surface area contributed by atoms with E-state index in [1.54, 1.807) is 6.08 Å².